The molecule has 0 aromatic heterocycles. The van der Waals surface area contributed by atoms with Crippen LogP contribution in [0.1, 0.15) is 56.0 Å². The fraction of sp³-hybridized carbons (Fsp3) is 0.476. The first-order chi connectivity index (χ1) is 16.9. The molecular weight excluding hydrogens is 593 g/mol. The van der Waals surface area contributed by atoms with Crippen LogP contribution in [0.25, 0.3) is 0 Å². The molecule has 1 aliphatic heterocycles. The lowest BCUT2D eigenvalue weighted by atomic mass is 10.0. The molecule has 206 valence electrons. The molecule has 1 unspecified atom stereocenters. The third-order valence-corrected chi connectivity index (χ3v) is 5.61. The summed E-state index contributed by atoms with van der Waals surface area (Å²) in [6.45, 7) is 2.86. The largest absolute Gasteiger partial charge is 0.433 e. The molecule has 1 heterocycles. The summed E-state index contributed by atoms with van der Waals surface area (Å²) in [7, 11) is 0. The number of rotatable bonds is 6. The van der Waals surface area contributed by atoms with Crippen molar-refractivity contribution >= 4 is 33.7 Å². The molecule has 0 radical (unpaired) electrons. The first-order valence-corrected chi connectivity index (χ1v) is 11.3. The summed E-state index contributed by atoms with van der Waals surface area (Å²) in [5, 5.41) is 7.66. The summed E-state index contributed by atoms with van der Waals surface area (Å²) in [4.78, 5) is 15.8. The van der Waals surface area contributed by atoms with Crippen LogP contribution in [0.2, 0.25) is 0 Å². The second kappa shape index (κ2) is 11.3. The number of alkyl halides is 9. The van der Waals surface area contributed by atoms with Crippen molar-refractivity contribution in [3.63, 3.8) is 0 Å². The molecule has 1 N–H and O–H groups in total. The number of hydrogen-bond donors (Lipinski definition) is 1. The number of aliphatic imine (C=N–C) groups is 1. The van der Waals surface area contributed by atoms with Gasteiger partial charge in [0, 0.05) is 29.1 Å². The summed E-state index contributed by atoms with van der Waals surface area (Å²) in [6, 6.07) is 0.0742. The number of carbonyl (C=O) groups is 1. The highest BCUT2D eigenvalue weighted by molar-refractivity contribution is 9.10. The van der Waals surface area contributed by atoms with Crippen LogP contribution < -0.4 is 0 Å². The van der Waals surface area contributed by atoms with E-state index in [0.29, 0.717) is 12.5 Å². The minimum absolute atomic E-state index is 0.125. The van der Waals surface area contributed by atoms with Crippen LogP contribution in [0.4, 0.5) is 39.5 Å². The molecule has 0 bridgehead atoms. The Balaban J connectivity index is 2.73. The number of esters is 1. The van der Waals surface area contributed by atoms with Crippen LogP contribution in [-0.2, 0) is 26.6 Å². The highest BCUT2D eigenvalue weighted by Gasteiger charge is 2.44. The molecule has 37 heavy (non-hydrogen) atoms. The van der Waals surface area contributed by atoms with Gasteiger partial charge in [0.1, 0.15) is 5.71 Å². The molecule has 0 spiro atoms. The van der Waals surface area contributed by atoms with Gasteiger partial charge in [0.15, 0.2) is 6.17 Å². The van der Waals surface area contributed by atoms with E-state index in [1.54, 1.807) is 6.92 Å². The van der Waals surface area contributed by atoms with Gasteiger partial charge >= 0.3 is 30.6 Å². The SMILES string of the molecule is CCCC(=O)OC(=N)OC1=CC(C(F)(F)F)=NC(c2cc(C(F)(F)F)cc(C(F)(F)F)c2Br)N1CCC. The van der Waals surface area contributed by atoms with Crippen molar-refractivity contribution in [1.82, 2.24) is 4.90 Å². The van der Waals surface area contributed by atoms with Crippen LogP contribution in [0, 0.1) is 5.41 Å². The van der Waals surface area contributed by atoms with Crippen LogP contribution in [-0.4, -0.2) is 35.4 Å². The lowest BCUT2D eigenvalue weighted by molar-refractivity contribution is -0.143. The van der Waals surface area contributed by atoms with E-state index in [1.807, 2.05) is 0 Å². The maximum absolute atomic E-state index is 13.6. The van der Waals surface area contributed by atoms with E-state index in [0.717, 1.165) is 4.90 Å². The first kappa shape index (κ1) is 30.4. The van der Waals surface area contributed by atoms with Gasteiger partial charge in [-0.1, -0.05) is 13.8 Å². The van der Waals surface area contributed by atoms with Gasteiger partial charge in [-0.25, -0.2) is 5.41 Å². The molecule has 1 aromatic carbocycles. The molecule has 1 aromatic rings. The lowest BCUT2D eigenvalue weighted by Crippen LogP contribution is -2.38. The second-order valence-electron chi connectivity index (χ2n) is 7.60. The van der Waals surface area contributed by atoms with Gasteiger partial charge in [-0.2, -0.15) is 39.5 Å². The Kier molecular flexibility index (Phi) is 9.31. The quantitative estimate of drug-likeness (QED) is 0.158. The Labute approximate surface area is 212 Å². The van der Waals surface area contributed by atoms with Crippen LogP contribution in [0.5, 0.6) is 0 Å². The van der Waals surface area contributed by atoms with Crippen LogP contribution >= 0.6 is 15.9 Å². The maximum Gasteiger partial charge on any atom is 0.433 e. The number of nitrogens with one attached hydrogen (secondary N) is 1. The van der Waals surface area contributed by atoms with Gasteiger partial charge in [0.25, 0.3) is 0 Å². The molecule has 0 fully saturated rings. The number of allylic oxidation sites excluding steroid dienone is 1. The van der Waals surface area contributed by atoms with E-state index in [2.05, 4.69) is 25.7 Å². The van der Waals surface area contributed by atoms with E-state index in [-0.39, 0.29) is 31.5 Å². The maximum atomic E-state index is 13.6. The second-order valence-corrected chi connectivity index (χ2v) is 8.39. The fourth-order valence-corrected chi connectivity index (χ4v) is 3.85. The minimum atomic E-state index is -5.31. The number of carbonyl (C=O) groups excluding carboxylic acids is 1. The molecule has 2 rings (SSSR count). The summed E-state index contributed by atoms with van der Waals surface area (Å²) in [5.41, 5.74) is -6.14. The van der Waals surface area contributed by atoms with Crippen molar-refractivity contribution in [3.05, 3.63) is 45.3 Å². The van der Waals surface area contributed by atoms with Crippen molar-refractivity contribution in [1.29, 1.82) is 5.41 Å². The van der Waals surface area contributed by atoms with Crippen molar-refractivity contribution in [2.75, 3.05) is 6.54 Å². The highest BCUT2D eigenvalue weighted by Crippen LogP contribution is 2.45. The normalized spacial score (nSPS) is 16.8. The Bertz CT molecular complexity index is 1100. The average Bonchev–Trinajstić information content (AvgIpc) is 2.72. The standard InChI is InChI=1S/C21H19BrF9N3O3/c1-3-5-15(35)37-18(32)36-14-9-13(21(29,30)31)33-17(34(14)6-4-2)11-7-10(19(23,24)25)8-12(16(11)22)20(26,27)28/h7-9,17,32H,3-6H2,1-2H3. The zero-order chi connectivity index (χ0) is 28.3. The summed E-state index contributed by atoms with van der Waals surface area (Å²) < 4.78 is 131. The summed E-state index contributed by atoms with van der Waals surface area (Å²) in [6.07, 6.45) is -18.5. The molecule has 1 aliphatic rings. The smallest absolute Gasteiger partial charge is 0.394 e. The minimum Gasteiger partial charge on any atom is -0.394 e. The van der Waals surface area contributed by atoms with Gasteiger partial charge in [0.05, 0.1) is 11.1 Å². The zero-order valence-electron chi connectivity index (χ0n) is 19.0. The third kappa shape index (κ3) is 7.61. The highest BCUT2D eigenvalue weighted by atomic mass is 79.9. The molecule has 16 heteroatoms. The summed E-state index contributed by atoms with van der Waals surface area (Å²) >= 11 is 2.59. The predicted molar refractivity (Wildman–Crippen MR) is 115 cm³/mol. The number of nitrogens with zero attached hydrogens (tertiary/aromatic N) is 2. The molecule has 0 amide bonds. The van der Waals surface area contributed by atoms with Crippen LogP contribution in [0.15, 0.2) is 33.6 Å². The molecule has 1 atom stereocenters. The van der Waals surface area contributed by atoms with Crippen LogP contribution in [0.3, 0.4) is 0 Å². The topological polar surface area (TPSA) is 75.0 Å². The number of halogens is 10. The Morgan fingerprint density at radius 2 is 1.65 bits per heavy atom. The van der Waals surface area contributed by atoms with Gasteiger partial charge < -0.3 is 14.4 Å². The van der Waals surface area contributed by atoms with E-state index >= 15 is 0 Å². The van der Waals surface area contributed by atoms with Crippen molar-refractivity contribution in [2.24, 2.45) is 4.99 Å². The van der Waals surface area contributed by atoms with E-state index < -0.39 is 69.5 Å². The van der Waals surface area contributed by atoms with Gasteiger partial charge in [0.2, 0.25) is 5.88 Å². The van der Waals surface area contributed by atoms with E-state index in [9.17, 15) is 44.3 Å². The molecule has 0 saturated carbocycles. The number of hydrogen-bond acceptors (Lipinski definition) is 6. The number of benzene rings is 1. The average molecular weight is 612 g/mol. The van der Waals surface area contributed by atoms with Crippen molar-refractivity contribution in [2.45, 2.75) is 57.8 Å². The van der Waals surface area contributed by atoms with E-state index in [4.69, 9.17) is 10.1 Å². The lowest BCUT2D eigenvalue weighted by Gasteiger charge is -2.36. The first-order valence-electron chi connectivity index (χ1n) is 10.5. The zero-order valence-corrected chi connectivity index (χ0v) is 20.6. The molecule has 6 nitrogen and oxygen atoms in total. The Morgan fingerprint density at radius 3 is 2.14 bits per heavy atom. The van der Waals surface area contributed by atoms with E-state index in [1.165, 1.54) is 6.92 Å². The Morgan fingerprint density at radius 1 is 1.03 bits per heavy atom. The fourth-order valence-electron chi connectivity index (χ4n) is 3.19. The number of ether oxygens (including phenoxy) is 2. The molecule has 0 saturated heterocycles. The monoisotopic (exact) mass is 611 g/mol. The third-order valence-electron chi connectivity index (χ3n) is 4.72. The van der Waals surface area contributed by atoms with Crippen molar-refractivity contribution in [3.8, 4) is 0 Å². The summed E-state index contributed by atoms with van der Waals surface area (Å²) in [5.74, 6) is -1.76. The van der Waals surface area contributed by atoms with Gasteiger partial charge in [-0.05, 0) is 40.9 Å². The van der Waals surface area contributed by atoms with Crippen molar-refractivity contribution < 1.29 is 53.8 Å². The molecule has 0 aliphatic carbocycles. The van der Waals surface area contributed by atoms with Gasteiger partial charge in [-0.3, -0.25) is 9.79 Å². The predicted octanol–water partition coefficient (Wildman–Crippen LogP) is 7.35. The Hall–Kier alpha value is -2.78. The molecular formula is C21H19BrF9N3O3. The van der Waals surface area contributed by atoms with Gasteiger partial charge in [-0.15, -0.1) is 0 Å².